The third kappa shape index (κ3) is 61.8. The normalized spacial score (nSPS) is 12.5. The van der Waals surface area contributed by atoms with Crippen LogP contribution in [0.15, 0.2) is 12.2 Å². The fourth-order valence-corrected chi connectivity index (χ4v) is 11.2. The molecule has 6 heteroatoms. The number of esters is 1. The van der Waals surface area contributed by atoms with Crippen LogP contribution in [-0.2, 0) is 14.3 Å². The first-order valence-corrected chi connectivity index (χ1v) is 34.9. The van der Waals surface area contributed by atoms with Crippen LogP contribution in [0.3, 0.4) is 0 Å². The van der Waals surface area contributed by atoms with Crippen LogP contribution in [0.1, 0.15) is 399 Å². The standard InChI is InChI=1S/C70H137NO5/c1-3-5-7-9-11-13-15-17-18-19-20-21-22-23-24-27-30-33-36-39-42-46-50-54-58-62-68(73)67(66-72)71-69(74)63-59-55-51-47-43-40-37-34-31-28-25-26-29-32-35-38-41-45-49-53-57-61-65-76-70(75)64-60-56-52-48-44-16-14-12-10-8-6-4-2/h28,31,67-68,72-73H,3-27,29-30,32-66H2,1-2H3,(H,71,74)/b31-28-. The van der Waals surface area contributed by atoms with Crippen LogP contribution in [0, 0.1) is 0 Å². The van der Waals surface area contributed by atoms with Crippen molar-refractivity contribution in [3.05, 3.63) is 12.2 Å². The van der Waals surface area contributed by atoms with E-state index in [2.05, 4.69) is 31.3 Å². The van der Waals surface area contributed by atoms with Crippen LogP contribution in [0.25, 0.3) is 0 Å². The van der Waals surface area contributed by atoms with Crippen LogP contribution in [-0.4, -0.2) is 47.4 Å². The molecule has 452 valence electrons. The highest BCUT2D eigenvalue weighted by atomic mass is 16.5. The number of ether oxygens (including phenoxy) is 1. The molecular weight excluding hydrogens is 935 g/mol. The molecule has 0 spiro atoms. The van der Waals surface area contributed by atoms with Crippen LogP contribution in [0.5, 0.6) is 0 Å². The summed E-state index contributed by atoms with van der Waals surface area (Å²) in [5, 5.41) is 23.4. The van der Waals surface area contributed by atoms with Crippen molar-refractivity contribution in [3.63, 3.8) is 0 Å². The number of unbranched alkanes of at least 4 members (excludes halogenated alkanes) is 53. The number of carbonyl (C=O) groups is 2. The molecule has 2 atom stereocenters. The molecule has 0 rings (SSSR count). The Morgan fingerprint density at radius 1 is 0.355 bits per heavy atom. The van der Waals surface area contributed by atoms with Gasteiger partial charge in [0, 0.05) is 12.8 Å². The predicted octanol–water partition coefficient (Wildman–Crippen LogP) is 22.4. The Labute approximate surface area is 476 Å². The van der Waals surface area contributed by atoms with Gasteiger partial charge < -0.3 is 20.3 Å². The summed E-state index contributed by atoms with van der Waals surface area (Å²) < 4.78 is 5.48. The van der Waals surface area contributed by atoms with Crippen LogP contribution >= 0.6 is 0 Å². The molecule has 0 saturated heterocycles. The van der Waals surface area contributed by atoms with Crippen molar-refractivity contribution in [3.8, 4) is 0 Å². The van der Waals surface area contributed by atoms with Crippen molar-refractivity contribution in [2.75, 3.05) is 13.2 Å². The van der Waals surface area contributed by atoms with Crippen LogP contribution in [0.2, 0.25) is 0 Å². The van der Waals surface area contributed by atoms with Crippen molar-refractivity contribution in [2.45, 2.75) is 411 Å². The molecule has 1 amide bonds. The molecule has 0 aliphatic heterocycles. The van der Waals surface area contributed by atoms with Crippen molar-refractivity contribution in [2.24, 2.45) is 0 Å². The van der Waals surface area contributed by atoms with Gasteiger partial charge in [0.25, 0.3) is 0 Å². The molecule has 0 aliphatic carbocycles. The number of hydrogen-bond acceptors (Lipinski definition) is 5. The van der Waals surface area contributed by atoms with Gasteiger partial charge in [-0.25, -0.2) is 0 Å². The summed E-state index contributed by atoms with van der Waals surface area (Å²) in [5.41, 5.74) is 0. The first-order valence-electron chi connectivity index (χ1n) is 34.9. The summed E-state index contributed by atoms with van der Waals surface area (Å²) in [4.78, 5) is 24.6. The number of allylic oxidation sites excluding steroid dienone is 2. The lowest BCUT2D eigenvalue weighted by atomic mass is 10.0. The monoisotopic (exact) mass is 1070 g/mol. The lowest BCUT2D eigenvalue weighted by Gasteiger charge is -2.22. The number of amides is 1. The van der Waals surface area contributed by atoms with E-state index in [0.29, 0.717) is 25.9 Å². The Bertz CT molecular complexity index is 1140. The Balaban J connectivity index is 3.41. The Morgan fingerprint density at radius 3 is 0.934 bits per heavy atom. The van der Waals surface area contributed by atoms with Crippen molar-refractivity contribution in [1.29, 1.82) is 0 Å². The molecule has 0 aromatic heterocycles. The predicted molar refractivity (Wildman–Crippen MR) is 333 cm³/mol. The van der Waals surface area contributed by atoms with E-state index in [1.54, 1.807) is 0 Å². The number of nitrogens with one attached hydrogen (secondary N) is 1. The SMILES string of the molecule is CCCCCCCCCCCCCCCCCCCCCCCCCCCC(O)C(CO)NC(=O)CCCCCCCCC/C=C\CCCCCCCCCCCCCOC(=O)CCCCCCCCCCCCCC. The lowest BCUT2D eigenvalue weighted by Crippen LogP contribution is -2.45. The number of aliphatic hydroxyl groups excluding tert-OH is 2. The first kappa shape index (κ1) is 74.6. The maximum atomic E-state index is 12.6. The van der Waals surface area contributed by atoms with Gasteiger partial charge in [0.1, 0.15) is 0 Å². The second-order valence-corrected chi connectivity index (χ2v) is 24.2. The third-order valence-corrected chi connectivity index (χ3v) is 16.6. The van der Waals surface area contributed by atoms with Gasteiger partial charge in [0.15, 0.2) is 0 Å². The zero-order valence-electron chi connectivity index (χ0n) is 51.8. The molecule has 6 nitrogen and oxygen atoms in total. The second-order valence-electron chi connectivity index (χ2n) is 24.2. The van der Waals surface area contributed by atoms with Gasteiger partial charge in [-0.2, -0.15) is 0 Å². The molecule has 0 bridgehead atoms. The average Bonchev–Trinajstić information content (AvgIpc) is 3.42. The highest BCUT2D eigenvalue weighted by Gasteiger charge is 2.20. The molecule has 0 aromatic carbocycles. The molecule has 0 saturated carbocycles. The number of hydrogen-bond donors (Lipinski definition) is 3. The number of aliphatic hydroxyl groups is 2. The summed E-state index contributed by atoms with van der Waals surface area (Å²) in [6.45, 7) is 4.99. The largest absolute Gasteiger partial charge is 0.466 e. The maximum Gasteiger partial charge on any atom is 0.305 e. The average molecular weight is 1070 g/mol. The smallest absolute Gasteiger partial charge is 0.305 e. The lowest BCUT2D eigenvalue weighted by molar-refractivity contribution is -0.143. The minimum Gasteiger partial charge on any atom is -0.466 e. The second kappa shape index (κ2) is 66.1. The summed E-state index contributed by atoms with van der Waals surface area (Å²) in [6.07, 6.45) is 81.1. The van der Waals surface area contributed by atoms with E-state index >= 15 is 0 Å². The Hall–Kier alpha value is -1.40. The van der Waals surface area contributed by atoms with E-state index in [0.717, 1.165) is 38.5 Å². The Kier molecular flexibility index (Phi) is 64.9. The number of carbonyl (C=O) groups excluding carboxylic acids is 2. The fourth-order valence-electron chi connectivity index (χ4n) is 11.2. The molecule has 0 radical (unpaired) electrons. The van der Waals surface area contributed by atoms with E-state index in [4.69, 9.17) is 4.74 Å². The highest BCUT2D eigenvalue weighted by molar-refractivity contribution is 5.76. The topological polar surface area (TPSA) is 95.9 Å². The molecule has 0 fully saturated rings. The Morgan fingerprint density at radius 2 is 0.618 bits per heavy atom. The molecule has 2 unspecified atom stereocenters. The quantitative estimate of drug-likeness (QED) is 0.0320. The molecule has 3 N–H and O–H groups in total. The van der Waals surface area contributed by atoms with Crippen LogP contribution < -0.4 is 5.32 Å². The molecule has 0 heterocycles. The number of rotatable bonds is 66. The van der Waals surface area contributed by atoms with Gasteiger partial charge >= 0.3 is 5.97 Å². The molecule has 0 aromatic rings. The van der Waals surface area contributed by atoms with E-state index in [1.165, 1.54) is 327 Å². The maximum absolute atomic E-state index is 12.6. The van der Waals surface area contributed by atoms with Crippen LogP contribution in [0.4, 0.5) is 0 Å². The van der Waals surface area contributed by atoms with E-state index in [-0.39, 0.29) is 18.5 Å². The molecule has 76 heavy (non-hydrogen) atoms. The van der Waals surface area contributed by atoms with Gasteiger partial charge in [-0.15, -0.1) is 0 Å². The first-order chi connectivity index (χ1) is 37.5. The molecule has 0 aliphatic rings. The van der Waals surface area contributed by atoms with Gasteiger partial charge in [-0.3, -0.25) is 9.59 Å². The van der Waals surface area contributed by atoms with Gasteiger partial charge in [0.05, 0.1) is 25.4 Å². The van der Waals surface area contributed by atoms with Crippen molar-refractivity contribution < 1.29 is 24.5 Å². The summed E-state index contributed by atoms with van der Waals surface area (Å²) in [7, 11) is 0. The minimum absolute atomic E-state index is 0.0118. The van der Waals surface area contributed by atoms with Crippen molar-refractivity contribution >= 4 is 11.9 Å². The van der Waals surface area contributed by atoms with Gasteiger partial charge in [-0.1, -0.05) is 347 Å². The summed E-state index contributed by atoms with van der Waals surface area (Å²) in [6, 6.07) is -0.547. The summed E-state index contributed by atoms with van der Waals surface area (Å²) >= 11 is 0. The van der Waals surface area contributed by atoms with Gasteiger partial charge in [-0.05, 0) is 51.4 Å². The van der Waals surface area contributed by atoms with E-state index in [9.17, 15) is 19.8 Å². The minimum atomic E-state index is -0.670. The zero-order valence-corrected chi connectivity index (χ0v) is 51.8. The van der Waals surface area contributed by atoms with Gasteiger partial charge in [0.2, 0.25) is 5.91 Å². The molecular formula is C70H137NO5. The third-order valence-electron chi connectivity index (χ3n) is 16.6. The summed E-state index contributed by atoms with van der Waals surface area (Å²) in [5.74, 6) is -0.0249. The van der Waals surface area contributed by atoms with Crippen molar-refractivity contribution in [1.82, 2.24) is 5.32 Å². The van der Waals surface area contributed by atoms with E-state index in [1.807, 2.05) is 0 Å². The van der Waals surface area contributed by atoms with E-state index < -0.39 is 12.1 Å². The zero-order chi connectivity index (χ0) is 55.0. The highest BCUT2D eigenvalue weighted by Crippen LogP contribution is 2.19. The fraction of sp³-hybridized carbons (Fsp3) is 0.943.